The minimum atomic E-state index is -1.01. The lowest BCUT2D eigenvalue weighted by Crippen LogP contribution is -2.58. The van der Waals surface area contributed by atoms with Gasteiger partial charge in [0.1, 0.15) is 17.9 Å². The number of piperidine rings is 1. The molecule has 0 aliphatic carbocycles. The van der Waals surface area contributed by atoms with E-state index in [0.717, 1.165) is 23.4 Å². The quantitative estimate of drug-likeness (QED) is 0.742. The van der Waals surface area contributed by atoms with Crippen LogP contribution in [-0.2, 0) is 16.1 Å². The van der Waals surface area contributed by atoms with Crippen LogP contribution in [0.25, 0.3) is 0 Å². The Morgan fingerprint density at radius 3 is 2.70 bits per heavy atom. The molecule has 8 heteroatoms. The van der Waals surface area contributed by atoms with Gasteiger partial charge in [0.2, 0.25) is 5.91 Å². The lowest BCUT2D eigenvalue weighted by Gasteiger charge is -2.38. The van der Waals surface area contributed by atoms with Crippen LogP contribution < -0.4 is 10.6 Å². The zero-order chi connectivity index (χ0) is 21.1. The Balaban J connectivity index is 1.41. The van der Waals surface area contributed by atoms with Crippen molar-refractivity contribution in [2.75, 3.05) is 25.0 Å². The third-order valence-electron chi connectivity index (χ3n) is 5.48. The fraction of sp³-hybridized carbons (Fsp3) is 0.318. The summed E-state index contributed by atoms with van der Waals surface area (Å²) in [7, 11) is 0. The first-order chi connectivity index (χ1) is 14.4. The van der Waals surface area contributed by atoms with Gasteiger partial charge in [0, 0.05) is 18.8 Å². The maximum Gasteiger partial charge on any atom is 0.325 e. The van der Waals surface area contributed by atoms with E-state index in [1.54, 1.807) is 0 Å². The number of hydrogen-bond donors (Lipinski definition) is 2. The van der Waals surface area contributed by atoms with Crippen LogP contribution in [0.15, 0.2) is 54.6 Å². The molecular weight excluding hydrogens is 387 g/mol. The van der Waals surface area contributed by atoms with Gasteiger partial charge in [-0.05, 0) is 43.1 Å². The Morgan fingerprint density at radius 2 is 1.93 bits per heavy atom. The van der Waals surface area contributed by atoms with Gasteiger partial charge in [-0.2, -0.15) is 0 Å². The normalized spacial score (nSPS) is 21.7. The summed E-state index contributed by atoms with van der Waals surface area (Å²) in [6.07, 6.45) is 1.30. The van der Waals surface area contributed by atoms with Gasteiger partial charge in [-0.1, -0.05) is 36.4 Å². The van der Waals surface area contributed by atoms with Crippen LogP contribution in [-0.4, -0.2) is 52.8 Å². The number of hydrogen-bond acceptors (Lipinski definition) is 4. The first kappa shape index (κ1) is 20.0. The smallest absolute Gasteiger partial charge is 0.324 e. The van der Waals surface area contributed by atoms with E-state index in [1.807, 2.05) is 30.3 Å². The number of halogens is 1. The van der Waals surface area contributed by atoms with Gasteiger partial charge < -0.3 is 10.6 Å². The Morgan fingerprint density at radius 1 is 1.13 bits per heavy atom. The molecule has 0 saturated carbocycles. The predicted octanol–water partition coefficient (Wildman–Crippen LogP) is 2.35. The Kier molecular flexibility index (Phi) is 5.50. The molecule has 156 valence electrons. The van der Waals surface area contributed by atoms with E-state index >= 15 is 0 Å². The minimum absolute atomic E-state index is 0.272. The van der Waals surface area contributed by atoms with Gasteiger partial charge in [-0.3, -0.25) is 19.4 Å². The number of imide groups is 1. The van der Waals surface area contributed by atoms with E-state index in [-0.39, 0.29) is 11.6 Å². The molecule has 2 aromatic rings. The number of urea groups is 1. The number of amides is 4. The molecular formula is C22H23FN4O3. The molecule has 2 saturated heterocycles. The summed E-state index contributed by atoms with van der Waals surface area (Å²) >= 11 is 0. The molecule has 1 spiro atoms. The van der Waals surface area contributed by atoms with Gasteiger partial charge in [0.25, 0.3) is 5.91 Å². The van der Waals surface area contributed by atoms with Crippen molar-refractivity contribution >= 4 is 23.5 Å². The van der Waals surface area contributed by atoms with Crippen LogP contribution in [0.5, 0.6) is 0 Å². The summed E-state index contributed by atoms with van der Waals surface area (Å²) in [4.78, 5) is 41.0. The number of anilines is 1. The van der Waals surface area contributed by atoms with E-state index in [9.17, 15) is 18.8 Å². The van der Waals surface area contributed by atoms with Gasteiger partial charge in [-0.15, -0.1) is 0 Å². The number of nitrogens with one attached hydrogen (secondary N) is 2. The molecule has 1 atom stereocenters. The lowest BCUT2D eigenvalue weighted by atomic mass is 9.88. The number of likely N-dealkylation sites (tertiary alicyclic amines) is 1. The van der Waals surface area contributed by atoms with Gasteiger partial charge in [0.05, 0.1) is 0 Å². The molecule has 2 heterocycles. The molecule has 4 rings (SSSR count). The maximum atomic E-state index is 13.3. The Labute approximate surface area is 173 Å². The van der Waals surface area contributed by atoms with E-state index < -0.39 is 29.8 Å². The van der Waals surface area contributed by atoms with Gasteiger partial charge in [0.15, 0.2) is 0 Å². The van der Waals surface area contributed by atoms with Crippen molar-refractivity contribution < 1.29 is 18.8 Å². The first-order valence-electron chi connectivity index (χ1n) is 9.91. The Hall–Kier alpha value is -3.26. The fourth-order valence-electron chi connectivity index (χ4n) is 4.13. The van der Waals surface area contributed by atoms with Crippen molar-refractivity contribution in [2.45, 2.75) is 24.9 Å². The van der Waals surface area contributed by atoms with Crippen molar-refractivity contribution in [3.63, 3.8) is 0 Å². The summed E-state index contributed by atoms with van der Waals surface area (Å²) in [5, 5.41) is 5.34. The lowest BCUT2D eigenvalue weighted by molar-refractivity contribution is -0.135. The van der Waals surface area contributed by atoms with Crippen molar-refractivity contribution in [1.29, 1.82) is 0 Å². The monoisotopic (exact) mass is 410 g/mol. The second-order valence-corrected chi connectivity index (χ2v) is 7.76. The third kappa shape index (κ3) is 4.18. The number of nitrogens with zero attached hydrogens (tertiary/aromatic N) is 2. The second kappa shape index (κ2) is 8.23. The van der Waals surface area contributed by atoms with Crippen LogP contribution in [0.3, 0.4) is 0 Å². The van der Waals surface area contributed by atoms with Gasteiger partial charge >= 0.3 is 6.03 Å². The molecule has 30 heavy (non-hydrogen) atoms. The summed E-state index contributed by atoms with van der Waals surface area (Å²) in [6.45, 7) is 1.50. The topological polar surface area (TPSA) is 81.8 Å². The zero-order valence-electron chi connectivity index (χ0n) is 16.4. The number of rotatable bonds is 5. The van der Waals surface area contributed by atoms with E-state index in [1.165, 1.54) is 24.3 Å². The molecule has 2 N–H and O–H groups in total. The average Bonchev–Trinajstić information content (AvgIpc) is 2.92. The average molecular weight is 410 g/mol. The third-order valence-corrected chi connectivity index (χ3v) is 5.48. The zero-order valence-corrected chi connectivity index (χ0v) is 16.4. The minimum Gasteiger partial charge on any atom is -0.324 e. The number of carbonyl (C=O) groups excluding carboxylic acids is 3. The standard InChI is InChI=1S/C22H23FN4O3/c23-17-8-4-9-18(12-17)24-19(28)14-27-20(29)22(25-21(27)30)10-5-11-26(15-22)13-16-6-2-1-3-7-16/h1-4,6-9,12H,5,10-11,13-15H2,(H,24,28)(H,25,30). The summed E-state index contributed by atoms with van der Waals surface area (Å²) in [5.74, 6) is -1.43. The SMILES string of the molecule is O=C(CN1C(=O)NC2(CCCN(Cc3ccccc3)C2)C1=O)Nc1cccc(F)c1. The highest BCUT2D eigenvalue weighted by atomic mass is 19.1. The highest BCUT2D eigenvalue weighted by Gasteiger charge is 2.53. The Bertz CT molecular complexity index is 968. The first-order valence-corrected chi connectivity index (χ1v) is 9.91. The van der Waals surface area contributed by atoms with E-state index in [2.05, 4.69) is 15.5 Å². The fourth-order valence-corrected chi connectivity index (χ4v) is 4.13. The highest BCUT2D eigenvalue weighted by Crippen LogP contribution is 2.29. The van der Waals surface area contributed by atoms with Crippen molar-refractivity contribution in [2.24, 2.45) is 0 Å². The molecule has 2 aliphatic rings. The van der Waals surface area contributed by atoms with Crippen LogP contribution in [0.4, 0.5) is 14.9 Å². The molecule has 2 fully saturated rings. The second-order valence-electron chi connectivity index (χ2n) is 7.76. The van der Waals surface area contributed by atoms with E-state index in [0.29, 0.717) is 19.5 Å². The van der Waals surface area contributed by atoms with Crippen LogP contribution in [0.1, 0.15) is 18.4 Å². The molecule has 0 radical (unpaired) electrons. The summed E-state index contributed by atoms with van der Waals surface area (Å²) < 4.78 is 13.3. The van der Waals surface area contributed by atoms with Crippen molar-refractivity contribution in [3.05, 3.63) is 66.0 Å². The summed E-state index contributed by atoms with van der Waals surface area (Å²) in [6, 6.07) is 14.8. The van der Waals surface area contributed by atoms with Crippen LogP contribution >= 0.6 is 0 Å². The molecule has 4 amide bonds. The maximum absolute atomic E-state index is 13.3. The van der Waals surface area contributed by atoms with Crippen molar-refractivity contribution in [3.8, 4) is 0 Å². The molecule has 2 aliphatic heterocycles. The van der Waals surface area contributed by atoms with Crippen molar-refractivity contribution in [1.82, 2.24) is 15.1 Å². The molecule has 0 bridgehead atoms. The number of benzene rings is 2. The van der Waals surface area contributed by atoms with Crippen LogP contribution in [0, 0.1) is 5.82 Å². The molecule has 7 nitrogen and oxygen atoms in total. The predicted molar refractivity (Wildman–Crippen MR) is 109 cm³/mol. The molecule has 1 unspecified atom stereocenters. The summed E-state index contributed by atoms with van der Waals surface area (Å²) in [5.41, 5.74) is 0.398. The highest BCUT2D eigenvalue weighted by molar-refractivity contribution is 6.10. The molecule has 0 aromatic heterocycles. The van der Waals surface area contributed by atoms with Crippen LogP contribution in [0.2, 0.25) is 0 Å². The number of carbonyl (C=O) groups is 3. The van der Waals surface area contributed by atoms with Gasteiger partial charge in [-0.25, -0.2) is 9.18 Å². The molecule has 2 aromatic carbocycles. The van der Waals surface area contributed by atoms with E-state index in [4.69, 9.17) is 0 Å². The largest absolute Gasteiger partial charge is 0.325 e.